The number of phenols is 1. The molecule has 9 heteroatoms. The van der Waals surface area contributed by atoms with Crippen LogP contribution >= 0.6 is 0 Å². The number of nitrogens with one attached hydrogen (secondary N) is 1. The number of phenolic OH excluding ortho intramolecular Hbond substituents is 1. The molecule has 0 radical (unpaired) electrons. The van der Waals surface area contributed by atoms with E-state index in [1.54, 1.807) is 18.2 Å². The number of carbonyl (C=O) groups is 1. The van der Waals surface area contributed by atoms with E-state index in [2.05, 4.69) is 10.5 Å². The Hall–Kier alpha value is -3.62. The molecule has 0 fully saturated rings. The summed E-state index contributed by atoms with van der Waals surface area (Å²) in [6.45, 7) is 0. The summed E-state index contributed by atoms with van der Waals surface area (Å²) >= 11 is 0. The minimum absolute atomic E-state index is 0.0276. The first-order valence-corrected chi connectivity index (χ1v) is 7.44. The first-order chi connectivity index (χ1) is 12.4. The third-order valence-corrected chi connectivity index (χ3v) is 3.41. The van der Waals surface area contributed by atoms with Gasteiger partial charge in [-0.15, -0.1) is 0 Å². The van der Waals surface area contributed by atoms with Gasteiger partial charge >= 0.3 is 0 Å². The maximum Gasteiger partial charge on any atom is 0.278 e. The van der Waals surface area contributed by atoms with Crippen LogP contribution in [0.3, 0.4) is 0 Å². The van der Waals surface area contributed by atoms with E-state index in [1.165, 1.54) is 26.4 Å². The van der Waals surface area contributed by atoms with Crippen molar-refractivity contribution in [2.45, 2.75) is 6.42 Å². The SMILES string of the molecule is COc1ccc(CC(=O)N/N=C\c2cc(O)ccc2[N+](=O)[O-])cc1OC. The van der Waals surface area contributed by atoms with Crippen molar-refractivity contribution in [2.24, 2.45) is 5.10 Å². The van der Waals surface area contributed by atoms with Gasteiger partial charge in [0.2, 0.25) is 5.91 Å². The molecule has 0 saturated carbocycles. The third kappa shape index (κ3) is 4.69. The molecule has 0 saturated heterocycles. The zero-order valence-electron chi connectivity index (χ0n) is 14.1. The fourth-order valence-electron chi connectivity index (χ4n) is 2.20. The van der Waals surface area contributed by atoms with Crippen molar-refractivity contribution >= 4 is 17.8 Å². The number of rotatable bonds is 7. The van der Waals surface area contributed by atoms with Gasteiger partial charge in [-0.2, -0.15) is 5.10 Å². The molecular weight excluding hydrogens is 342 g/mol. The molecular formula is C17H17N3O6. The van der Waals surface area contributed by atoms with Crippen LogP contribution in [-0.4, -0.2) is 36.4 Å². The molecule has 1 amide bonds. The first kappa shape index (κ1) is 18.7. The summed E-state index contributed by atoms with van der Waals surface area (Å²) in [5, 5.41) is 24.1. The summed E-state index contributed by atoms with van der Waals surface area (Å²) in [6, 6.07) is 8.60. The summed E-state index contributed by atoms with van der Waals surface area (Å²) in [7, 11) is 3.01. The van der Waals surface area contributed by atoms with Crippen LogP contribution in [0.5, 0.6) is 17.2 Å². The molecule has 0 heterocycles. The zero-order chi connectivity index (χ0) is 19.1. The van der Waals surface area contributed by atoms with Crippen LogP contribution in [0.15, 0.2) is 41.5 Å². The lowest BCUT2D eigenvalue weighted by Gasteiger charge is -2.09. The van der Waals surface area contributed by atoms with E-state index >= 15 is 0 Å². The highest BCUT2D eigenvalue weighted by atomic mass is 16.6. The largest absolute Gasteiger partial charge is 0.508 e. The van der Waals surface area contributed by atoms with Gasteiger partial charge in [0.25, 0.3) is 5.69 Å². The number of nitrogens with zero attached hydrogens (tertiary/aromatic N) is 2. The van der Waals surface area contributed by atoms with Gasteiger partial charge in [0.15, 0.2) is 11.5 Å². The second-order valence-corrected chi connectivity index (χ2v) is 5.16. The number of carbonyl (C=O) groups excluding carboxylic acids is 1. The van der Waals surface area contributed by atoms with Gasteiger partial charge in [-0.3, -0.25) is 14.9 Å². The Bertz CT molecular complexity index is 850. The lowest BCUT2D eigenvalue weighted by atomic mass is 10.1. The van der Waals surface area contributed by atoms with Crippen molar-refractivity contribution < 1.29 is 24.3 Å². The Morgan fingerprint density at radius 3 is 2.62 bits per heavy atom. The number of amides is 1. The molecule has 9 nitrogen and oxygen atoms in total. The van der Waals surface area contributed by atoms with Crippen LogP contribution in [0.2, 0.25) is 0 Å². The highest BCUT2D eigenvalue weighted by Crippen LogP contribution is 2.27. The van der Waals surface area contributed by atoms with E-state index in [0.29, 0.717) is 17.1 Å². The fourth-order valence-corrected chi connectivity index (χ4v) is 2.20. The second kappa shape index (κ2) is 8.47. The van der Waals surface area contributed by atoms with Crippen LogP contribution in [-0.2, 0) is 11.2 Å². The number of aromatic hydroxyl groups is 1. The standard InChI is InChI=1S/C17H17N3O6/c1-25-15-6-3-11(7-16(15)26-2)8-17(22)19-18-10-12-9-13(21)4-5-14(12)20(23)24/h3-7,9-10,21H,8H2,1-2H3,(H,19,22)/b18-10-. The Morgan fingerprint density at radius 1 is 1.23 bits per heavy atom. The van der Waals surface area contributed by atoms with Gasteiger partial charge in [-0.25, -0.2) is 5.43 Å². The van der Waals surface area contributed by atoms with Crippen molar-refractivity contribution in [1.82, 2.24) is 5.43 Å². The lowest BCUT2D eigenvalue weighted by molar-refractivity contribution is -0.385. The normalized spacial score (nSPS) is 10.5. The molecule has 0 aromatic heterocycles. The highest BCUT2D eigenvalue weighted by Gasteiger charge is 2.13. The van der Waals surface area contributed by atoms with Gasteiger partial charge in [0.05, 0.1) is 37.3 Å². The average Bonchev–Trinajstić information content (AvgIpc) is 2.61. The number of ether oxygens (including phenoxy) is 2. The van der Waals surface area contributed by atoms with Crippen LogP contribution in [0.25, 0.3) is 0 Å². The molecule has 0 aliphatic heterocycles. The van der Waals surface area contributed by atoms with E-state index in [9.17, 15) is 20.0 Å². The summed E-state index contributed by atoms with van der Waals surface area (Å²) in [5.41, 5.74) is 2.80. The Balaban J connectivity index is 2.04. The molecule has 0 unspecified atom stereocenters. The number of hydrazone groups is 1. The minimum atomic E-state index is -0.605. The number of nitro benzene ring substituents is 1. The number of nitro groups is 1. The van der Waals surface area contributed by atoms with Crippen LogP contribution in [0, 0.1) is 10.1 Å². The number of hydrogen-bond acceptors (Lipinski definition) is 7. The van der Waals surface area contributed by atoms with Crippen molar-refractivity contribution in [3.63, 3.8) is 0 Å². The predicted molar refractivity (Wildman–Crippen MR) is 93.7 cm³/mol. The molecule has 2 aromatic carbocycles. The van der Waals surface area contributed by atoms with Gasteiger partial charge in [0, 0.05) is 6.07 Å². The van der Waals surface area contributed by atoms with E-state index < -0.39 is 10.8 Å². The van der Waals surface area contributed by atoms with Crippen molar-refractivity contribution in [3.05, 3.63) is 57.6 Å². The molecule has 0 aliphatic carbocycles. The van der Waals surface area contributed by atoms with Crippen molar-refractivity contribution in [3.8, 4) is 17.2 Å². The highest BCUT2D eigenvalue weighted by molar-refractivity contribution is 5.87. The maximum absolute atomic E-state index is 12.0. The second-order valence-electron chi connectivity index (χ2n) is 5.16. The lowest BCUT2D eigenvalue weighted by Crippen LogP contribution is -2.19. The zero-order valence-corrected chi connectivity index (χ0v) is 14.1. The molecule has 0 bridgehead atoms. The topological polar surface area (TPSA) is 123 Å². The molecule has 2 N–H and O–H groups in total. The molecule has 2 rings (SSSR count). The fraction of sp³-hybridized carbons (Fsp3) is 0.176. The van der Waals surface area contributed by atoms with Crippen LogP contribution in [0.4, 0.5) is 5.69 Å². The summed E-state index contributed by atoms with van der Waals surface area (Å²) < 4.78 is 10.3. The Morgan fingerprint density at radius 2 is 1.96 bits per heavy atom. The number of hydrogen-bond donors (Lipinski definition) is 2. The quantitative estimate of drug-likeness (QED) is 0.443. The Kier molecular flexibility index (Phi) is 6.10. The van der Waals surface area contributed by atoms with E-state index in [0.717, 1.165) is 12.3 Å². The molecule has 0 atom stereocenters. The van der Waals surface area contributed by atoms with Gasteiger partial charge < -0.3 is 14.6 Å². The van der Waals surface area contributed by atoms with E-state index in [-0.39, 0.29) is 23.4 Å². The van der Waals surface area contributed by atoms with Gasteiger partial charge in [-0.1, -0.05) is 6.07 Å². The minimum Gasteiger partial charge on any atom is -0.508 e. The summed E-state index contributed by atoms with van der Waals surface area (Å²) in [6.07, 6.45) is 1.13. The number of methoxy groups -OCH3 is 2. The van der Waals surface area contributed by atoms with Crippen molar-refractivity contribution in [1.29, 1.82) is 0 Å². The molecule has 0 aliphatic rings. The third-order valence-electron chi connectivity index (χ3n) is 3.41. The van der Waals surface area contributed by atoms with E-state index in [4.69, 9.17) is 9.47 Å². The summed E-state index contributed by atoms with van der Waals surface area (Å²) in [4.78, 5) is 22.3. The summed E-state index contributed by atoms with van der Waals surface area (Å²) in [5.74, 6) is 0.479. The van der Waals surface area contributed by atoms with E-state index in [1.807, 2.05) is 0 Å². The first-order valence-electron chi connectivity index (χ1n) is 7.44. The van der Waals surface area contributed by atoms with Crippen LogP contribution < -0.4 is 14.9 Å². The maximum atomic E-state index is 12.0. The molecule has 136 valence electrons. The molecule has 2 aromatic rings. The predicted octanol–water partition coefficient (Wildman–Crippen LogP) is 2.01. The molecule has 26 heavy (non-hydrogen) atoms. The molecule has 0 spiro atoms. The Labute approximate surface area is 149 Å². The monoisotopic (exact) mass is 359 g/mol. The van der Waals surface area contributed by atoms with Gasteiger partial charge in [-0.05, 0) is 29.8 Å². The van der Waals surface area contributed by atoms with Crippen LogP contribution in [0.1, 0.15) is 11.1 Å². The average molecular weight is 359 g/mol. The number of benzene rings is 2. The van der Waals surface area contributed by atoms with Gasteiger partial charge in [0.1, 0.15) is 5.75 Å². The van der Waals surface area contributed by atoms with Crippen molar-refractivity contribution in [2.75, 3.05) is 14.2 Å². The smallest absolute Gasteiger partial charge is 0.278 e.